The summed E-state index contributed by atoms with van der Waals surface area (Å²) in [6.07, 6.45) is 3.22. The van der Waals surface area contributed by atoms with Crippen LogP contribution in [0.15, 0.2) is 24.3 Å². The zero-order valence-corrected chi connectivity index (χ0v) is 11.9. The summed E-state index contributed by atoms with van der Waals surface area (Å²) in [5.41, 5.74) is 2.21. The molecule has 1 aromatic rings. The number of hydrogen-bond acceptors (Lipinski definition) is 3. The molecule has 4 heteroatoms. The number of hydrogen-bond donors (Lipinski definition) is 2. The van der Waals surface area contributed by atoms with Crippen LogP contribution >= 0.6 is 0 Å². The lowest BCUT2D eigenvalue weighted by Gasteiger charge is -2.26. The SMILES string of the molecule is O=C(CC1CNC1)Nc1ccccc1CN1CCCC1. The van der Waals surface area contributed by atoms with Crippen LogP contribution in [-0.4, -0.2) is 37.0 Å². The molecule has 0 bridgehead atoms. The third-order valence-corrected chi connectivity index (χ3v) is 4.22. The maximum absolute atomic E-state index is 12.1. The second-order valence-corrected chi connectivity index (χ2v) is 5.92. The molecule has 0 atom stereocenters. The van der Waals surface area contributed by atoms with E-state index in [2.05, 4.69) is 27.7 Å². The number of rotatable bonds is 5. The van der Waals surface area contributed by atoms with E-state index in [-0.39, 0.29) is 5.91 Å². The van der Waals surface area contributed by atoms with E-state index in [9.17, 15) is 4.79 Å². The fraction of sp³-hybridized carbons (Fsp3) is 0.562. The quantitative estimate of drug-likeness (QED) is 0.860. The van der Waals surface area contributed by atoms with Crippen LogP contribution in [0.1, 0.15) is 24.8 Å². The molecule has 0 aliphatic carbocycles. The average molecular weight is 273 g/mol. The molecule has 2 saturated heterocycles. The number of benzene rings is 1. The van der Waals surface area contributed by atoms with Gasteiger partial charge in [-0.05, 0) is 56.6 Å². The van der Waals surface area contributed by atoms with E-state index < -0.39 is 0 Å². The Balaban J connectivity index is 1.60. The first-order chi connectivity index (χ1) is 9.81. The highest BCUT2D eigenvalue weighted by molar-refractivity contribution is 5.91. The molecule has 0 unspecified atom stereocenters. The Morgan fingerprint density at radius 1 is 1.25 bits per heavy atom. The molecule has 0 spiro atoms. The van der Waals surface area contributed by atoms with Crippen LogP contribution in [0, 0.1) is 5.92 Å². The van der Waals surface area contributed by atoms with Gasteiger partial charge in [0, 0.05) is 18.7 Å². The Morgan fingerprint density at radius 3 is 2.70 bits per heavy atom. The topological polar surface area (TPSA) is 44.4 Å². The molecule has 0 saturated carbocycles. The summed E-state index contributed by atoms with van der Waals surface area (Å²) in [4.78, 5) is 14.5. The summed E-state index contributed by atoms with van der Waals surface area (Å²) in [6, 6.07) is 8.19. The largest absolute Gasteiger partial charge is 0.326 e. The Hall–Kier alpha value is -1.39. The van der Waals surface area contributed by atoms with Crippen molar-refractivity contribution in [2.45, 2.75) is 25.8 Å². The van der Waals surface area contributed by atoms with Gasteiger partial charge in [-0.3, -0.25) is 9.69 Å². The van der Waals surface area contributed by atoms with Crippen LogP contribution in [0.3, 0.4) is 0 Å². The minimum absolute atomic E-state index is 0.144. The molecule has 2 fully saturated rings. The molecule has 1 amide bonds. The van der Waals surface area contributed by atoms with E-state index in [4.69, 9.17) is 0 Å². The molecule has 4 nitrogen and oxygen atoms in total. The van der Waals surface area contributed by atoms with Crippen molar-refractivity contribution < 1.29 is 4.79 Å². The van der Waals surface area contributed by atoms with Crippen LogP contribution in [0.4, 0.5) is 5.69 Å². The van der Waals surface area contributed by atoms with E-state index >= 15 is 0 Å². The summed E-state index contributed by atoms with van der Waals surface area (Å²) < 4.78 is 0. The highest BCUT2D eigenvalue weighted by Gasteiger charge is 2.21. The molecule has 3 rings (SSSR count). The summed E-state index contributed by atoms with van der Waals surface area (Å²) in [7, 11) is 0. The van der Waals surface area contributed by atoms with E-state index in [1.807, 2.05) is 12.1 Å². The molecule has 0 aromatic heterocycles. The standard InChI is InChI=1S/C16H23N3O/c20-16(9-13-10-17-11-13)18-15-6-2-1-5-14(15)12-19-7-3-4-8-19/h1-2,5-6,13,17H,3-4,7-12H2,(H,18,20). The molecule has 2 N–H and O–H groups in total. The molecular weight excluding hydrogens is 250 g/mol. The van der Waals surface area contributed by atoms with E-state index in [1.54, 1.807) is 0 Å². The van der Waals surface area contributed by atoms with Gasteiger partial charge in [0.1, 0.15) is 0 Å². The first-order valence-electron chi connectivity index (χ1n) is 7.62. The van der Waals surface area contributed by atoms with Crippen molar-refractivity contribution in [3.05, 3.63) is 29.8 Å². The zero-order valence-electron chi connectivity index (χ0n) is 11.9. The Morgan fingerprint density at radius 2 is 2.00 bits per heavy atom. The molecule has 1 aromatic carbocycles. The Labute approximate surface area is 120 Å². The van der Waals surface area contributed by atoms with Gasteiger partial charge in [-0.15, -0.1) is 0 Å². The third kappa shape index (κ3) is 3.38. The molecule has 2 aliphatic heterocycles. The van der Waals surface area contributed by atoms with E-state index in [0.717, 1.165) is 25.3 Å². The average Bonchev–Trinajstić information content (AvgIpc) is 2.89. The number of nitrogens with zero attached hydrogens (tertiary/aromatic N) is 1. The summed E-state index contributed by atoms with van der Waals surface area (Å²) in [5, 5.41) is 6.29. The summed E-state index contributed by atoms with van der Waals surface area (Å²) >= 11 is 0. The number of para-hydroxylation sites is 1. The molecule has 0 radical (unpaired) electrons. The van der Waals surface area contributed by atoms with E-state index in [0.29, 0.717) is 12.3 Å². The molecular formula is C16H23N3O. The Bertz CT molecular complexity index is 465. The van der Waals surface area contributed by atoms with Gasteiger partial charge in [-0.25, -0.2) is 0 Å². The smallest absolute Gasteiger partial charge is 0.224 e. The van der Waals surface area contributed by atoms with Crippen molar-refractivity contribution >= 4 is 11.6 Å². The van der Waals surface area contributed by atoms with Gasteiger partial charge in [0.15, 0.2) is 0 Å². The van der Waals surface area contributed by atoms with Gasteiger partial charge >= 0.3 is 0 Å². The van der Waals surface area contributed by atoms with E-state index in [1.165, 1.54) is 31.5 Å². The van der Waals surface area contributed by atoms with Gasteiger partial charge in [-0.2, -0.15) is 0 Å². The minimum Gasteiger partial charge on any atom is -0.326 e. The second-order valence-electron chi connectivity index (χ2n) is 5.92. The normalized spacial score (nSPS) is 19.8. The van der Waals surface area contributed by atoms with Crippen molar-refractivity contribution in [1.29, 1.82) is 0 Å². The van der Waals surface area contributed by atoms with Gasteiger partial charge in [0.2, 0.25) is 5.91 Å². The molecule has 108 valence electrons. The van der Waals surface area contributed by atoms with Crippen molar-refractivity contribution in [3.8, 4) is 0 Å². The fourth-order valence-corrected chi connectivity index (χ4v) is 2.92. The van der Waals surface area contributed by atoms with Crippen LogP contribution in [0.5, 0.6) is 0 Å². The molecule has 2 aliphatic rings. The number of carbonyl (C=O) groups excluding carboxylic acids is 1. The third-order valence-electron chi connectivity index (χ3n) is 4.22. The number of anilines is 1. The van der Waals surface area contributed by atoms with Crippen LogP contribution in [-0.2, 0) is 11.3 Å². The van der Waals surface area contributed by atoms with Crippen molar-refractivity contribution in [2.24, 2.45) is 5.92 Å². The lowest BCUT2D eigenvalue weighted by Crippen LogP contribution is -2.43. The van der Waals surface area contributed by atoms with Gasteiger partial charge in [-0.1, -0.05) is 18.2 Å². The predicted molar refractivity (Wildman–Crippen MR) is 80.6 cm³/mol. The first kappa shape index (κ1) is 13.6. The highest BCUT2D eigenvalue weighted by Crippen LogP contribution is 2.20. The molecule has 2 heterocycles. The number of likely N-dealkylation sites (tertiary alicyclic amines) is 1. The van der Waals surface area contributed by atoms with Crippen LogP contribution < -0.4 is 10.6 Å². The first-order valence-corrected chi connectivity index (χ1v) is 7.62. The lowest BCUT2D eigenvalue weighted by molar-refractivity contribution is -0.117. The monoisotopic (exact) mass is 273 g/mol. The van der Waals surface area contributed by atoms with Crippen molar-refractivity contribution in [1.82, 2.24) is 10.2 Å². The second kappa shape index (κ2) is 6.37. The van der Waals surface area contributed by atoms with Gasteiger partial charge in [0.25, 0.3) is 0 Å². The summed E-state index contributed by atoms with van der Waals surface area (Å²) in [6.45, 7) is 5.25. The van der Waals surface area contributed by atoms with Crippen LogP contribution in [0.2, 0.25) is 0 Å². The maximum atomic E-state index is 12.1. The van der Waals surface area contributed by atoms with Crippen molar-refractivity contribution in [2.75, 3.05) is 31.5 Å². The predicted octanol–water partition coefficient (Wildman–Crippen LogP) is 1.83. The highest BCUT2D eigenvalue weighted by atomic mass is 16.1. The van der Waals surface area contributed by atoms with Gasteiger partial charge in [0.05, 0.1) is 0 Å². The summed E-state index contributed by atoms with van der Waals surface area (Å²) in [5.74, 6) is 0.658. The van der Waals surface area contributed by atoms with Crippen LogP contribution in [0.25, 0.3) is 0 Å². The maximum Gasteiger partial charge on any atom is 0.224 e. The zero-order chi connectivity index (χ0) is 13.8. The minimum atomic E-state index is 0.144. The number of carbonyl (C=O) groups is 1. The lowest BCUT2D eigenvalue weighted by atomic mass is 9.99. The molecule has 20 heavy (non-hydrogen) atoms. The number of nitrogens with one attached hydrogen (secondary N) is 2. The number of amides is 1. The van der Waals surface area contributed by atoms with Gasteiger partial charge < -0.3 is 10.6 Å². The van der Waals surface area contributed by atoms with Crippen molar-refractivity contribution in [3.63, 3.8) is 0 Å². The Kier molecular flexibility index (Phi) is 4.33. The fourth-order valence-electron chi connectivity index (χ4n) is 2.92.